The number of benzene rings is 6. The Morgan fingerprint density at radius 3 is 1.93 bits per heavy atom. The number of ether oxygens (including phenoxy) is 2. The molecular weight excluding hydrogens is 1110 g/mol. The smallest absolute Gasteiger partial charge is 0.407 e. The van der Waals surface area contributed by atoms with Crippen molar-refractivity contribution < 1.29 is 48.1 Å². The maximum absolute atomic E-state index is 14.6. The number of urea groups is 1. The molecule has 0 heterocycles. The lowest BCUT2D eigenvalue weighted by atomic mass is 9.90. The summed E-state index contributed by atoms with van der Waals surface area (Å²) in [6.45, 7) is 3.78. The molecular formula is C66H79N11O10. The quantitative estimate of drug-likeness (QED) is 0.0123. The molecule has 87 heavy (non-hydrogen) atoms. The minimum Gasteiger partial charge on any atom is -0.508 e. The molecule has 0 saturated heterocycles. The van der Waals surface area contributed by atoms with Crippen LogP contribution in [0.4, 0.5) is 9.59 Å². The lowest BCUT2D eigenvalue weighted by molar-refractivity contribution is -0.129. The molecule has 21 nitrogen and oxygen atoms in total. The number of alkyl carbamates (subject to hydrolysis) is 1. The molecule has 8 amide bonds. The number of phenolic OH excluding ortho intramolecular Hbond substituents is 1. The number of aromatic hydroxyl groups is 1. The lowest BCUT2D eigenvalue weighted by Gasteiger charge is -2.23. The third kappa shape index (κ3) is 20.5. The molecule has 1 aliphatic rings. The van der Waals surface area contributed by atoms with Crippen LogP contribution in [0.25, 0.3) is 11.1 Å². The highest BCUT2D eigenvalue weighted by Crippen LogP contribution is 2.44. The zero-order chi connectivity index (χ0) is 61.8. The minimum absolute atomic E-state index is 0.0791. The van der Waals surface area contributed by atoms with Gasteiger partial charge >= 0.3 is 12.1 Å². The van der Waals surface area contributed by atoms with Crippen LogP contribution in [0, 0.1) is 0 Å². The second-order valence-corrected chi connectivity index (χ2v) is 20.9. The number of hydrogen-bond acceptors (Lipinski definition) is 12. The van der Waals surface area contributed by atoms with Gasteiger partial charge in [0.05, 0.1) is 12.5 Å². The van der Waals surface area contributed by atoms with Gasteiger partial charge < -0.3 is 63.3 Å². The standard InChI is InChI=1S/C66H79N11O10/c1-2-58(79)69-37-38-73-65(84)77-64(68)72-36-15-25-56(62(82)74-42-45-28-32-49(78)33-29-45)75-63(83)59(46-16-4-3-5-17-46)48-18-14-19-50(40-48)86-39-13-12-35-71-61(81)57(24-10-11-34-70-60(80)47-30-26-44(41-67)27-31-47)76-66(85)87-43-55-53-22-8-6-20-51(53)52-21-7-9-23-54(52)55/h3-9,14,16-23,26-33,40,55-57,59,78H,2,10-13,15,24-25,34-39,41-43,67H2,1H3,(H,69,79)(H,70,80)(H,71,81)(H,74,82)(H,75,83)(H,76,85)(H4,68,72,73,77,84)/t56-,57-,59?/m1/s1. The van der Waals surface area contributed by atoms with Gasteiger partial charge in [-0.2, -0.15) is 0 Å². The number of nitrogens with zero attached hydrogens (tertiary/aromatic N) is 1. The van der Waals surface area contributed by atoms with Gasteiger partial charge in [0.1, 0.15) is 30.2 Å². The summed E-state index contributed by atoms with van der Waals surface area (Å²) in [6.07, 6.45) is 2.52. The van der Waals surface area contributed by atoms with Gasteiger partial charge in [0, 0.05) is 63.7 Å². The fraction of sp³-hybridized carbons (Fsp3) is 0.333. The van der Waals surface area contributed by atoms with Crippen LogP contribution in [0.15, 0.2) is 157 Å². The van der Waals surface area contributed by atoms with Gasteiger partial charge in [-0.05, 0) is 126 Å². The Labute approximate surface area is 507 Å². The van der Waals surface area contributed by atoms with E-state index in [4.69, 9.17) is 20.9 Å². The molecule has 0 aliphatic heterocycles. The molecule has 0 aromatic heterocycles. The summed E-state index contributed by atoms with van der Waals surface area (Å²) in [5.74, 6) is -2.22. The van der Waals surface area contributed by atoms with E-state index in [1.165, 1.54) is 12.1 Å². The second-order valence-electron chi connectivity index (χ2n) is 20.9. The van der Waals surface area contributed by atoms with Crippen molar-refractivity contribution in [1.29, 1.82) is 0 Å². The van der Waals surface area contributed by atoms with Crippen LogP contribution in [0.3, 0.4) is 0 Å². The molecule has 7 rings (SSSR count). The number of phenols is 1. The molecule has 21 heteroatoms. The average molecular weight is 1190 g/mol. The lowest BCUT2D eigenvalue weighted by Crippen LogP contribution is -2.48. The first-order valence-corrected chi connectivity index (χ1v) is 29.5. The van der Waals surface area contributed by atoms with Crippen LogP contribution >= 0.6 is 0 Å². The zero-order valence-electron chi connectivity index (χ0n) is 49.0. The zero-order valence-corrected chi connectivity index (χ0v) is 49.0. The first-order chi connectivity index (χ1) is 42.3. The summed E-state index contributed by atoms with van der Waals surface area (Å²) in [5.41, 5.74) is 19.4. The highest BCUT2D eigenvalue weighted by Gasteiger charge is 2.31. The van der Waals surface area contributed by atoms with Gasteiger partial charge in [0.2, 0.25) is 23.6 Å². The van der Waals surface area contributed by atoms with Crippen LogP contribution in [0.1, 0.15) is 114 Å². The van der Waals surface area contributed by atoms with E-state index in [0.717, 1.165) is 33.4 Å². The van der Waals surface area contributed by atoms with Gasteiger partial charge in [-0.25, -0.2) is 9.59 Å². The van der Waals surface area contributed by atoms with Crippen LogP contribution < -0.4 is 58.7 Å². The topological polar surface area (TPSA) is 319 Å². The Morgan fingerprint density at radius 1 is 0.598 bits per heavy atom. The largest absolute Gasteiger partial charge is 0.508 e. The van der Waals surface area contributed by atoms with Crippen LogP contribution in [0.5, 0.6) is 11.5 Å². The molecule has 0 radical (unpaired) electrons. The van der Waals surface area contributed by atoms with Gasteiger partial charge in [-0.1, -0.05) is 122 Å². The number of guanidine groups is 1. The van der Waals surface area contributed by atoms with Gasteiger partial charge in [0.25, 0.3) is 5.91 Å². The maximum atomic E-state index is 14.6. The van der Waals surface area contributed by atoms with Crippen molar-refractivity contribution >= 4 is 47.6 Å². The number of hydrogen-bond donors (Lipinski definition) is 11. The van der Waals surface area contributed by atoms with E-state index in [1.807, 2.05) is 84.9 Å². The first kappa shape index (κ1) is 64.8. The normalized spacial score (nSPS) is 12.6. The molecule has 1 unspecified atom stereocenters. The van der Waals surface area contributed by atoms with Crippen LogP contribution in [-0.4, -0.2) is 111 Å². The number of nitrogens with one attached hydrogen (secondary N) is 8. The molecule has 6 aromatic rings. The van der Waals surface area contributed by atoms with Crippen molar-refractivity contribution in [2.75, 3.05) is 45.9 Å². The summed E-state index contributed by atoms with van der Waals surface area (Å²) in [5, 5.41) is 32.0. The Morgan fingerprint density at radius 2 is 1.22 bits per heavy atom. The molecule has 0 fully saturated rings. The van der Waals surface area contributed by atoms with E-state index < -0.39 is 41.9 Å². The van der Waals surface area contributed by atoms with Crippen molar-refractivity contribution in [2.24, 2.45) is 16.5 Å². The predicted molar refractivity (Wildman–Crippen MR) is 332 cm³/mol. The third-order valence-corrected chi connectivity index (χ3v) is 14.6. The minimum atomic E-state index is -1.02. The molecule has 3 atom stereocenters. The Bertz CT molecular complexity index is 3230. The number of rotatable bonds is 32. The van der Waals surface area contributed by atoms with E-state index >= 15 is 0 Å². The number of aliphatic imine (C=N–C) groups is 1. The maximum Gasteiger partial charge on any atom is 0.407 e. The fourth-order valence-electron chi connectivity index (χ4n) is 9.95. The number of carbonyl (C=O) groups is 7. The first-order valence-electron chi connectivity index (χ1n) is 29.5. The summed E-state index contributed by atoms with van der Waals surface area (Å²) >= 11 is 0. The van der Waals surface area contributed by atoms with Crippen molar-refractivity contribution in [3.8, 4) is 22.6 Å². The van der Waals surface area contributed by atoms with E-state index in [1.54, 1.807) is 49.4 Å². The summed E-state index contributed by atoms with van der Waals surface area (Å²) in [7, 11) is 0. The number of unbranched alkanes of at least 4 members (excludes halogenated alkanes) is 2. The van der Waals surface area contributed by atoms with Gasteiger partial charge in [-0.3, -0.25) is 34.3 Å². The van der Waals surface area contributed by atoms with Crippen LogP contribution in [-0.2, 0) is 37.0 Å². The van der Waals surface area contributed by atoms with E-state index in [2.05, 4.69) is 59.7 Å². The fourth-order valence-corrected chi connectivity index (χ4v) is 9.95. The molecule has 6 aromatic carbocycles. The van der Waals surface area contributed by atoms with Crippen molar-refractivity contribution in [3.05, 3.63) is 191 Å². The number of nitrogens with two attached hydrogens (primary N) is 2. The molecule has 0 bridgehead atoms. The van der Waals surface area contributed by atoms with Crippen molar-refractivity contribution in [3.63, 3.8) is 0 Å². The summed E-state index contributed by atoms with van der Waals surface area (Å²) < 4.78 is 12.0. The SMILES string of the molecule is CCC(=O)NCCNC(=O)NC(N)=NCCC[C@@H](NC(=O)C(c1ccccc1)c1cccc(OCCCCNC(=O)[C@@H](CCCCNC(=O)c2ccc(CN)cc2)NC(=O)OCC2c3ccccc3-c3ccccc32)c1)C(=O)NCc1ccc(O)cc1. The van der Waals surface area contributed by atoms with Crippen molar-refractivity contribution in [1.82, 2.24) is 42.5 Å². The average Bonchev–Trinajstić information content (AvgIpc) is 2.19. The predicted octanol–water partition coefficient (Wildman–Crippen LogP) is 6.49. The van der Waals surface area contributed by atoms with E-state index in [0.29, 0.717) is 87.0 Å². The Balaban J connectivity index is 0.928. The molecule has 13 N–H and O–H groups in total. The number of carbonyl (C=O) groups excluding carboxylic acids is 7. The number of fused-ring (bicyclic) bond motifs is 3. The third-order valence-electron chi connectivity index (χ3n) is 14.6. The monoisotopic (exact) mass is 1190 g/mol. The molecule has 1 aliphatic carbocycles. The summed E-state index contributed by atoms with van der Waals surface area (Å²) in [4.78, 5) is 96.6. The molecule has 0 saturated carbocycles. The van der Waals surface area contributed by atoms with Gasteiger partial charge in [0.15, 0.2) is 5.96 Å². The molecule has 458 valence electrons. The Hall–Kier alpha value is -9.76. The van der Waals surface area contributed by atoms with E-state index in [9.17, 15) is 38.7 Å². The number of amides is 8. The van der Waals surface area contributed by atoms with E-state index in [-0.39, 0.29) is 81.2 Å². The Kier molecular flexibility index (Phi) is 25.5. The van der Waals surface area contributed by atoms with Crippen LogP contribution in [0.2, 0.25) is 0 Å². The highest BCUT2D eigenvalue weighted by molar-refractivity contribution is 5.96. The summed E-state index contributed by atoms with van der Waals surface area (Å²) in [6, 6.07) is 43.3. The van der Waals surface area contributed by atoms with Crippen molar-refractivity contribution in [2.45, 2.75) is 95.3 Å². The molecule has 0 spiro atoms. The van der Waals surface area contributed by atoms with Gasteiger partial charge in [-0.15, -0.1) is 0 Å². The highest BCUT2D eigenvalue weighted by atomic mass is 16.5. The second kappa shape index (κ2) is 34.3.